The van der Waals surface area contributed by atoms with Gasteiger partial charge in [-0.15, -0.1) is 0 Å². The average Bonchev–Trinajstić information content (AvgIpc) is 2.67. The average molecular weight is 356 g/mol. The number of rotatable bonds is 7. The van der Waals surface area contributed by atoms with Crippen LogP contribution in [0, 0.1) is 0 Å². The van der Waals surface area contributed by atoms with E-state index in [0.29, 0.717) is 12.3 Å². The second kappa shape index (κ2) is 9.22. The monoisotopic (exact) mass is 356 g/mol. The molecule has 0 radical (unpaired) electrons. The zero-order valence-electron chi connectivity index (χ0n) is 14.7. The minimum absolute atomic E-state index is 0.0368. The molecule has 0 aromatic heterocycles. The summed E-state index contributed by atoms with van der Waals surface area (Å²) in [5.74, 6) is 0.389. The Kier molecular flexibility index (Phi) is 6.46. The number of nitrogens with one attached hydrogen (secondary N) is 1. The lowest BCUT2D eigenvalue weighted by molar-refractivity contribution is 0.0358. The number of ether oxygens (including phenoxy) is 2. The zero-order valence-corrected chi connectivity index (χ0v) is 14.7. The third-order valence-corrected chi connectivity index (χ3v) is 4.25. The van der Waals surface area contributed by atoms with Crippen molar-refractivity contribution in [2.24, 2.45) is 0 Å². The van der Waals surface area contributed by atoms with E-state index in [4.69, 9.17) is 9.47 Å². The Morgan fingerprint density at radius 1 is 1.12 bits per heavy atom. The van der Waals surface area contributed by atoms with Crippen molar-refractivity contribution in [1.82, 2.24) is 4.90 Å². The first-order valence-corrected chi connectivity index (χ1v) is 8.85. The molecule has 0 aliphatic carbocycles. The van der Waals surface area contributed by atoms with Crippen molar-refractivity contribution in [1.29, 1.82) is 0 Å². The van der Waals surface area contributed by atoms with Crippen LogP contribution in [-0.2, 0) is 4.74 Å². The van der Waals surface area contributed by atoms with Crippen LogP contribution in [0.1, 0.15) is 16.8 Å². The van der Waals surface area contributed by atoms with Crippen LogP contribution in [0.15, 0.2) is 48.5 Å². The Balaban J connectivity index is 1.43. The Hall–Kier alpha value is -2.57. The summed E-state index contributed by atoms with van der Waals surface area (Å²) in [6.45, 7) is 5.28. The number of hydrogen-bond acceptors (Lipinski definition) is 5. The Morgan fingerprint density at radius 3 is 2.58 bits per heavy atom. The second-order valence-corrected chi connectivity index (χ2v) is 6.15. The highest BCUT2D eigenvalue weighted by Gasteiger charge is 2.11. The van der Waals surface area contributed by atoms with Gasteiger partial charge in [-0.2, -0.15) is 0 Å². The lowest BCUT2D eigenvalue weighted by Crippen LogP contribution is -2.37. The highest BCUT2D eigenvalue weighted by molar-refractivity contribution is 6.06. The summed E-state index contributed by atoms with van der Waals surface area (Å²) in [5.41, 5.74) is 0.898. The summed E-state index contributed by atoms with van der Waals surface area (Å²) >= 11 is 0. The number of aromatic hydroxyl groups is 1. The van der Waals surface area contributed by atoms with Crippen LogP contribution < -0.4 is 10.1 Å². The lowest BCUT2D eigenvalue weighted by Gasteiger charge is -2.26. The van der Waals surface area contributed by atoms with Gasteiger partial charge in [0.15, 0.2) is 0 Å². The first-order valence-electron chi connectivity index (χ1n) is 8.85. The van der Waals surface area contributed by atoms with Crippen LogP contribution in [0.5, 0.6) is 11.5 Å². The maximum absolute atomic E-state index is 12.2. The van der Waals surface area contributed by atoms with Crippen LogP contribution in [0.2, 0.25) is 0 Å². The number of phenolic OH excluding ortho intramolecular Hbond substituents is 1. The fourth-order valence-corrected chi connectivity index (χ4v) is 2.80. The van der Waals surface area contributed by atoms with Crippen molar-refractivity contribution in [3.63, 3.8) is 0 Å². The minimum Gasteiger partial charge on any atom is -0.507 e. The molecule has 1 saturated heterocycles. The van der Waals surface area contributed by atoms with E-state index in [-0.39, 0.29) is 17.2 Å². The maximum atomic E-state index is 12.2. The first kappa shape index (κ1) is 18.2. The van der Waals surface area contributed by atoms with Crippen LogP contribution in [0.25, 0.3) is 0 Å². The smallest absolute Gasteiger partial charge is 0.259 e. The molecule has 1 fully saturated rings. The van der Waals surface area contributed by atoms with Gasteiger partial charge in [0.05, 0.1) is 25.4 Å². The van der Waals surface area contributed by atoms with Crippen molar-refractivity contribution in [3.05, 3.63) is 54.1 Å². The van der Waals surface area contributed by atoms with Gasteiger partial charge in [0, 0.05) is 25.3 Å². The molecule has 3 rings (SSSR count). The third kappa shape index (κ3) is 5.21. The molecule has 0 spiro atoms. The molecule has 2 N–H and O–H groups in total. The van der Waals surface area contributed by atoms with Gasteiger partial charge in [-0.3, -0.25) is 9.69 Å². The molecule has 0 atom stereocenters. The van der Waals surface area contributed by atoms with E-state index in [0.717, 1.165) is 45.0 Å². The summed E-state index contributed by atoms with van der Waals surface area (Å²) in [6, 6.07) is 13.7. The molecule has 1 heterocycles. The van der Waals surface area contributed by atoms with Gasteiger partial charge in [-0.25, -0.2) is 0 Å². The van der Waals surface area contributed by atoms with Crippen LogP contribution in [0.4, 0.5) is 5.69 Å². The van der Waals surface area contributed by atoms with Crippen molar-refractivity contribution < 1.29 is 19.4 Å². The number of amides is 1. The number of carbonyl (C=O) groups excluding carboxylic acids is 1. The predicted molar refractivity (Wildman–Crippen MR) is 99.9 cm³/mol. The topological polar surface area (TPSA) is 71.0 Å². The summed E-state index contributed by atoms with van der Waals surface area (Å²) in [7, 11) is 0. The van der Waals surface area contributed by atoms with Gasteiger partial charge in [0.1, 0.15) is 11.5 Å². The fraction of sp³-hybridized carbons (Fsp3) is 0.350. The van der Waals surface area contributed by atoms with Crippen LogP contribution in [0.3, 0.4) is 0 Å². The minimum atomic E-state index is -0.345. The van der Waals surface area contributed by atoms with Crippen molar-refractivity contribution >= 4 is 11.6 Å². The largest absolute Gasteiger partial charge is 0.507 e. The Morgan fingerprint density at radius 2 is 1.85 bits per heavy atom. The number of carbonyl (C=O) groups is 1. The summed E-state index contributed by atoms with van der Waals surface area (Å²) < 4.78 is 11.1. The molecule has 2 aromatic rings. The summed E-state index contributed by atoms with van der Waals surface area (Å²) in [6.07, 6.45) is 0.964. The highest BCUT2D eigenvalue weighted by atomic mass is 16.5. The molecular weight excluding hydrogens is 332 g/mol. The standard InChI is InChI=1S/C20H24N2O4/c23-19-5-2-1-4-18(19)20(24)21-16-6-8-17(9-7-16)26-13-3-10-22-11-14-25-15-12-22/h1-2,4-9,23H,3,10-15H2,(H,21,24). The van der Waals surface area contributed by atoms with Crippen molar-refractivity contribution in [3.8, 4) is 11.5 Å². The van der Waals surface area contributed by atoms with Gasteiger partial charge in [0.25, 0.3) is 5.91 Å². The quantitative estimate of drug-likeness (QED) is 0.747. The van der Waals surface area contributed by atoms with Gasteiger partial charge in [-0.1, -0.05) is 12.1 Å². The summed E-state index contributed by atoms with van der Waals surface area (Å²) in [5, 5.41) is 12.5. The third-order valence-electron chi connectivity index (χ3n) is 4.25. The molecule has 0 saturated carbocycles. The van der Waals surface area contributed by atoms with Gasteiger partial charge < -0.3 is 19.9 Å². The van der Waals surface area contributed by atoms with Gasteiger partial charge in [0.2, 0.25) is 0 Å². The number of benzene rings is 2. The Labute approximate surface area is 153 Å². The van der Waals surface area contributed by atoms with E-state index in [1.54, 1.807) is 30.3 Å². The van der Waals surface area contributed by atoms with E-state index in [2.05, 4.69) is 10.2 Å². The van der Waals surface area contributed by atoms with Gasteiger partial charge in [-0.05, 0) is 42.8 Å². The zero-order chi connectivity index (χ0) is 18.2. The molecule has 6 heteroatoms. The number of hydrogen-bond donors (Lipinski definition) is 2. The van der Waals surface area contributed by atoms with E-state index in [1.165, 1.54) is 6.07 Å². The molecule has 2 aromatic carbocycles. The van der Waals surface area contributed by atoms with E-state index >= 15 is 0 Å². The summed E-state index contributed by atoms with van der Waals surface area (Å²) in [4.78, 5) is 14.5. The molecule has 1 aliphatic heterocycles. The van der Waals surface area contributed by atoms with Crippen LogP contribution >= 0.6 is 0 Å². The SMILES string of the molecule is O=C(Nc1ccc(OCCCN2CCOCC2)cc1)c1ccccc1O. The van der Waals surface area contributed by atoms with E-state index in [1.807, 2.05) is 12.1 Å². The first-order chi connectivity index (χ1) is 12.7. The van der Waals surface area contributed by atoms with Crippen LogP contribution in [-0.4, -0.2) is 55.4 Å². The fourth-order valence-electron chi connectivity index (χ4n) is 2.80. The predicted octanol–water partition coefficient (Wildman–Crippen LogP) is 2.75. The molecule has 0 unspecified atom stereocenters. The molecule has 26 heavy (non-hydrogen) atoms. The number of anilines is 1. The van der Waals surface area contributed by atoms with Crippen molar-refractivity contribution in [2.75, 3.05) is 44.8 Å². The molecule has 1 amide bonds. The van der Waals surface area contributed by atoms with Crippen molar-refractivity contribution in [2.45, 2.75) is 6.42 Å². The van der Waals surface area contributed by atoms with E-state index in [9.17, 15) is 9.90 Å². The maximum Gasteiger partial charge on any atom is 0.259 e. The number of phenols is 1. The number of morpholine rings is 1. The molecule has 1 aliphatic rings. The Bertz CT molecular complexity index is 712. The normalized spacial score (nSPS) is 14.8. The lowest BCUT2D eigenvalue weighted by atomic mass is 10.2. The number of para-hydroxylation sites is 1. The number of nitrogens with zero attached hydrogens (tertiary/aromatic N) is 1. The highest BCUT2D eigenvalue weighted by Crippen LogP contribution is 2.20. The molecule has 0 bridgehead atoms. The molecular formula is C20H24N2O4. The van der Waals surface area contributed by atoms with E-state index < -0.39 is 0 Å². The van der Waals surface area contributed by atoms with Gasteiger partial charge >= 0.3 is 0 Å². The molecule has 6 nitrogen and oxygen atoms in total. The molecule has 138 valence electrons. The second-order valence-electron chi connectivity index (χ2n) is 6.15.